The number of halogens is 3. The Bertz CT molecular complexity index is 413. The first-order chi connectivity index (χ1) is 8.47. The highest BCUT2D eigenvalue weighted by molar-refractivity contribution is 5.19. The fourth-order valence-electron chi connectivity index (χ4n) is 2.27. The van der Waals surface area contributed by atoms with Crippen LogP contribution >= 0.6 is 0 Å². The monoisotopic (exact) mass is 258 g/mol. The fourth-order valence-corrected chi connectivity index (χ4v) is 2.27. The molecule has 100 valence electrons. The lowest BCUT2D eigenvalue weighted by Crippen LogP contribution is -2.47. The maximum absolute atomic E-state index is 13.1. The van der Waals surface area contributed by atoms with Gasteiger partial charge in [-0.05, 0) is 36.6 Å². The van der Waals surface area contributed by atoms with Gasteiger partial charge in [-0.3, -0.25) is 4.90 Å². The van der Waals surface area contributed by atoms with Crippen molar-refractivity contribution < 1.29 is 13.2 Å². The summed E-state index contributed by atoms with van der Waals surface area (Å²) in [6.07, 6.45) is 0.966. The van der Waals surface area contributed by atoms with Crippen molar-refractivity contribution in [3.8, 4) is 0 Å². The van der Waals surface area contributed by atoms with Gasteiger partial charge in [0.2, 0.25) is 0 Å². The Morgan fingerprint density at radius 2 is 1.89 bits per heavy atom. The third-order valence-electron chi connectivity index (χ3n) is 3.55. The molecule has 0 bridgehead atoms. The Morgan fingerprint density at radius 1 is 1.28 bits per heavy atom. The molecule has 1 aromatic carbocycles. The van der Waals surface area contributed by atoms with E-state index in [0.717, 1.165) is 25.1 Å². The smallest absolute Gasteiger partial charge is 0.194 e. The lowest BCUT2D eigenvalue weighted by atomic mass is 9.94. The molecule has 0 spiro atoms. The number of hydrogen-bond acceptors (Lipinski definition) is 2. The van der Waals surface area contributed by atoms with Crippen LogP contribution in [0.2, 0.25) is 0 Å². The Kier molecular flexibility index (Phi) is 3.92. The van der Waals surface area contributed by atoms with Crippen LogP contribution in [0.1, 0.15) is 18.9 Å². The highest BCUT2D eigenvalue weighted by Crippen LogP contribution is 2.19. The molecule has 2 N–H and O–H groups in total. The molecule has 0 amide bonds. The zero-order valence-electron chi connectivity index (χ0n) is 10.3. The first kappa shape index (κ1) is 13.4. The van der Waals surface area contributed by atoms with E-state index in [9.17, 15) is 13.2 Å². The van der Waals surface area contributed by atoms with Crippen LogP contribution in [0.4, 0.5) is 13.2 Å². The van der Waals surface area contributed by atoms with Gasteiger partial charge in [0.15, 0.2) is 17.5 Å². The number of nitrogens with two attached hydrogens (primary N) is 1. The number of benzene rings is 1. The molecule has 5 heteroatoms. The highest BCUT2D eigenvalue weighted by Gasteiger charge is 2.23. The topological polar surface area (TPSA) is 29.3 Å². The molecule has 2 atom stereocenters. The average Bonchev–Trinajstić information content (AvgIpc) is 2.31. The van der Waals surface area contributed by atoms with E-state index in [1.807, 2.05) is 4.90 Å². The molecule has 2 unspecified atom stereocenters. The van der Waals surface area contributed by atoms with E-state index in [-0.39, 0.29) is 6.04 Å². The van der Waals surface area contributed by atoms with E-state index < -0.39 is 17.5 Å². The SMILES string of the molecule is CC1CCN(Cc2cc(F)c(F)c(F)c2)CC1N. The second-order valence-corrected chi connectivity index (χ2v) is 5.04. The largest absolute Gasteiger partial charge is 0.326 e. The number of hydrogen-bond donors (Lipinski definition) is 1. The molecule has 2 nitrogen and oxygen atoms in total. The predicted octanol–water partition coefficient (Wildman–Crippen LogP) is 2.27. The molecule has 0 aromatic heterocycles. The first-order valence-electron chi connectivity index (χ1n) is 6.08. The standard InChI is InChI=1S/C13H17F3N2/c1-8-2-3-18(7-12(8)17)6-9-4-10(14)13(16)11(15)5-9/h4-5,8,12H,2-3,6-7,17H2,1H3. The van der Waals surface area contributed by atoms with Gasteiger partial charge in [0.25, 0.3) is 0 Å². The third kappa shape index (κ3) is 2.84. The van der Waals surface area contributed by atoms with Crippen LogP contribution in [0.5, 0.6) is 0 Å². The van der Waals surface area contributed by atoms with Crippen LogP contribution in [0.3, 0.4) is 0 Å². The molecule has 0 aliphatic carbocycles. The molecule has 1 aromatic rings. The number of nitrogens with zero attached hydrogens (tertiary/aromatic N) is 1. The predicted molar refractivity (Wildman–Crippen MR) is 63.3 cm³/mol. The van der Waals surface area contributed by atoms with Crippen LogP contribution in [0.15, 0.2) is 12.1 Å². The van der Waals surface area contributed by atoms with Crippen LogP contribution < -0.4 is 5.73 Å². The molecule has 2 rings (SSSR count). The highest BCUT2D eigenvalue weighted by atomic mass is 19.2. The van der Waals surface area contributed by atoms with Gasteiger partial charge in [-0.2, -0.15) is 0 Å². The molecule has 0 saturated carbocycles. The quantitative estimate of drug-likeness (QED) is 0.825. The van der Waals surface area contributed by atoms with Gasteiger partial charge in [0.05, 0.1) is 0 Å². The van der Waals surface area contributed by atoms with Crippen molar-refractivity contribution in [3.63, 3.8) is 0 Å². The van der Waals surface area contributed by atoms with E-state index in [0.29, 0.717) is 24.6 Å². The van der Waals surface area contributed by atoms with Crippen molar-refractivity contribution in [2.24, 2.45) is 11.7 Å². The molecule has 18 heavy (non-hydrogen) atoms. The summed E-state index contributed by atoms with van der Waals surface area (Å²) in [4.78, 5) is 2.04. The summed E-state index contributed by atoms with van der Waals surface area (Å²) in [6.45, 7) is 4.03. The molecule has 1 saturated heterocycles. The van der Waals surface area contributed by atoms with Gasteiger partial charge in [0, 0.05) is 19.1 Å². The van der Waals surface area contributed by atoms with E-state index in [1.54, 1.807) is 0 Å². The summed E-state index contributed by atoms with van der Waals surface area (Å²) < 4.78 is 39.0. The molecular formula is C13H17F3N2. The van der Waals surface area contributed by atoms with Gasteiger partial charge in [0.1, 0.15) is 0 Å². The molecule has 1 fully saturated rings. The summed E-state index contributed by atoms with van der Waals surface area (Å²) in [7, 11) is 0. The van der Waals surface area contributed by atoms with E-state index in [2.05, 4.69) is 6.92 Å². The van der Waals surface area contributed by atoms with E-state index in [4.69, 9.17) is 5.73 Å². The summed E-state index contributed by atoms with van der Waals surface area (Å²) >= 11 is 0. The number of rotatable bonds is 2. The normalized spacial score (nSPS) is 25.4. The molecular weight excluding hydrogens is 241 g/mol. The number of likely N-dealkylation sites (tertiary alicyclic amines) is 1. The first-order valence-corrected chi connectivity index (χ1v) is 6.08. The Labute approximate surface area is 105 Å². The lowest BCUT2D eigenvalue weighted by molar-refractivity contribution is 0.162. The molecule has 1 aliphatic heterocycles. The van der Waals surface area contributed by atoms with Crippen molar-refractivity contribution in [1.29, 1.82) is 0 Å². The maximum atomic E-state index is 13.1. The average molecular weight is 258 g/mol. The summed E-state index contributed by atoms with van der Waals surface area (Å²) in [5.74, 6) is -3.23. The maximum Gasteiger partial charge on any atom is 0.194 e. The Hall–Kier alpha value is -1.07. The lowest BCUT2D eigenvalue weighted by Gasteiger charge is -2.35. The Morgan fingerprint density at radius 3 is 2.44 bits per heavy atom. The summed E-state index contributed by atoms with van der Waals surface area (Å²) in [5.41, 5.74) is 6.39. The summed E-state index contributed by atoms with van der Waals surface area (Å²) in [6, 6.07) is 2.16. The van der Waals surface area contributed by atoms with Gasteiger partial charge < -0.3 is 5.73 Å². The second kappa shape index (κ2) is 5.28. The molecule has 0 radical (unpaired) electrons. The van der Waals surface area contributed by atoms with E-state index in [1.165, 1.54) is 0 Å². The van der Waals surface area contributed by atoms with Crippen LogP contribution in [0, 0.1) is 23.4 Å². The molecule has 1 heterocycles. The zero-order chi connectivity index (χ0) is 13.3. The summed E-state index contributed by atoms with van der Waals surface area (Å²) in [5, 5.41) is 0. The van der Waals surface area contributed by atoms with Gasteiger partial charge in [-0.15, -0.1) is 0 Å². The van der Waals surface area contributed by atoms with Gasteiger partial charge in [-0.1, -0.05) is 6.92 Å². The van der Waals surface area contributed by atoms with Gasteiger partial charge in [-0.25, -0.2) is 13.2 Å². The van der Waals surface area contributed by atoms with Crippen molar-refractivity contribution in [2.45, 2.75) is 25.9 Å². The van der Waals surface area contributed by atoms with Crippen molar-refractivity contribution in [1.82, 2.24) is 4.90 Å². The minimum Gasteiger partial charge on any atom is -0.326 e. The Balaban J connectivity index is 2.06. The third-order valence-corrected chi connectivity index (χ3v) is 3.55. The van der Waals surface area contributed by atoms with Gasteiger partial charge >= 0.3 is 0 Å². The second-order valence-electron chi connectivity index (χ2n) is 5.04. The van der Waals surface area contributed by atoms with Crippen molar-refractivity contribution in [3.05, 3.63) is 35.1 Å². The van der Waals surface area contributed by atoms with Crippen molar-refractivity contribution >= 4 is 0 Å². The van der Waals surface area contributed by atoms with Crippen LogP contribution in [-0.2, 0) is 6.54 Å². The minimum absolute atomic E-state index is 0.0777. The number of piperidine rings is 1. The van der Waals surface area contributed by atoms with Crippen molar-refractivity contribution in [2.75, 3.05) is 13.1 Å². The van der Waals surface area contributed by atoms with Crippen LogP contribution in [-0.4, -0.2) is 24.0 Å². The fraction of sp³-hybridized carbons (Fsp3) is 0.538. The van der Waals surface area contributed by atoms with Crippen LogP contribution in [0.25, 0.3) is 0 Å². The molecule has 1 aliphatic rings. The minimum atomic E-state index is -1.41. The zero-order valence-corrected chi connectivity index (χ0v) is 10.3. The van der Waals surface area contributed by atoms with E-state index >= 15 is 0 Å².